The van der Waals surface area contributed by atoms with Crippen LogP contribution in [0.25, 0.3) is 0 Å². The molecule has 1 aromatic rings. The van der Waals surface area contributed by atoms with Crippen LogP contribution < -0.4 is 0 Å². The summed E-state index contributed by atoms with van der Waals surface area (Å²) in [6.07, 6.45) is 2.75. The largest absolute Gasteiger partial charge is 0.292 e. The molecule has 1 heterocycles. The van der Waals surface area contributed by atoms with Gasteiger partial charge in [0.2, 0.25) is 0 Å². The van der Waals surface area contributed by atoms with Crippen molar-refractivity contribution >= 4 is 17.1 Å². The number of thiazole rings is 1. The van der Waals surface area contributed by atoms with Crippen LogP contribution in [0.4, 0.5) is 0 Å². The predicted molar refractivity (Wildman–Crippen MR) is 39.4 cm³/mol. The topological polar surface area (TPSA) is 30.0 Å². The highest BCUT2D eigenvalue weighted by molar-refractivity contribution is 7.10. The molecule has 52 valence electrons. The van der Waals surface area contributed by atoms with E-state index in [0.717, 1.165) is 18.5 Å². The number of hydrogen-bond acceptors (Lipinski definition) is 3. The molecular weight excluding hydrogens is 146 g/mol. The van der Waals surface area contributed by atoms with E-state index >= 15 is 0 Å². The monoisotopic (exact) mass is 153 g/mol. The Bertz CT molecular complexity index is 266. The van der Waals surface area contributed by atoms with Gasteiger partial charge in [0, 0.05) is 11.3 Å². The first-order valence-electron chi connectivity index (χ1n) is 3.33. The first-order valence-corrected chi connectivity index (χ1v) is 4.21. The van der Waals surface area contributed by atoms with Crippen molar-refractivity contribution in [1.82, 2.24) is 4.98 Å². The molecule has 0 aliphatic heterocycles. The van der Waals surface area contributed by atoms with Crippen LogP contribution in [-0.2, 0) is 6.42 Å². The highest BCUT2D eigenvalue weighted by atomic mass is 32.1. The first kappa shape index (κ1) is 6.04. The van der Waals surface area contributed by atoms with Gasteiger partial charge in [0.25, 0.3) is 0 Å². The Balaban J connectivity index is 2.50. The van der Waals surface area contributed by atoms with E-state index in [0.29, 0.717) is 6.42 Å². The second-order valence-corrected chi connectivity index (χ2v) is 3.34. The Kier molecular flexibility index (Phi) is 1.31. The number of Topliss-reactive ketones (excluding diaryl/α,β-unsaturated/α-hetero) is 1. The van der Waals surface area contributed by atoms with Crippen LogP contribution in [0.5, 0.6) is 0 Å². The van der Waals surface area contributed by atoms with Gasteiger partial charge in [-0.3, -0.25) is 4.79 Å². The molecule has 0 atom stereocenters. The molecule has 0 bridgehead atoms. The van der Waals surface area contributed by atoms with Crippen molar-refractivity contribution in [2.45, 2.75) is 19.3 Å². The fraction of sp³-hybridized carbons (Fsp3) is 0.429. The molecule has 0 saturated heterocycles. The number of aryl methyl sites for hydroxylation is 1. The quantitative estimate of drug-likeness (QED) is 0.567. The number of aromatic nitrogens is 1. The standard InChI is InChI=1S/C7H7NOS/c9-5-2-1-3-6-7(5)8-4-10-6/h4H,1-3H2. The molecule has 0 unspecified atom stereocenters. The van der Waals surface area contributed by atoms with E-state index in [1.165, 1.54) is 4.88 Å². The molecule has 2 nitrogen and oxygen atoms in total. The summed E-state index contributed by atoms with van der Waals surface area (Å²) in [5.74, 6) is 0.225. The molecule has 1 aliphatic carbocycles. The van der Waals surface area contributed by atoms with Crippen molar-refractivity contribution in [3.63, 3.8) is 0 Å². The normalized spacial score (nSPS) is 17.0. The number of rotatable bonds is 0. The molecule has 0 spiro atoms. The molecule has 0 fully saturated rings. The minimum Gasteiger partial charge on any atom is -0.292 e. The van der Waals surface area contributed by atoms with Crippen molar-refractivity contribution in [2.75, 3.05) is 0 Å². The molecule has 3 heteroatoms. The summed E-state index contributed by atoms with van der Waals surface area (Å²) in [5, 5.41) is 0. The van der Waals surface area contributed by atoms with Crippen molar-refractivity contribution in [3.05, 3.63) is 16.1 Å². The third-order valence-corrected chi connectivity index (χ3v) is 2.61. The number of carbonyl (C=O) groups is 1. The molecule has 0 saturated carbocycles. The lowest BCUT2D eigenvalue weighted by atomic mass is 10.0. The maximum absolute atomic E-state index is 11.1. The Labute approximate surface area is 62.9 Å². The molecule has 2 rings (SSSR count). The smallest absolute Gasteiger partial charge is 0.182 e. The second-order valence-electron chi connectivity index (χ2n) is 2.40. The third-order valence-electron chi connectivity index (χ3n) is 1.71. The third kappa shape index (κ3) is 0.778. The molecule has 1 aromatic heterocycles. The van der Waals surface area contributed by atoms with Crippen molar-refractivity contribution in [1.29, 1.82) is 0 Å². The molecule has 0 amide bonds. The van der Waals surface area contributed by atoms with Crippen LogP contribution >= 0.6 is 11.3 Å². The summed E-state index contributed by atoms with van der Waals surface area (Å²) < 4.78 is 0. The molecule has 0 radical (unpaired) electrons. The Morgan fingerprint density at radius 1 is 1.50 bits per heavy atom. The van der Waals surface area contributed by atoms with Gasteiger partial charge in [-0.2, -0.15) is 0 Å². The molecular formula is C7H7NOS. The van der Waals surface area contributed by atoms with E-state index in [1.807, 2.05) is 0 Å². The predicted octanol–water partition coefficient (Wildman–Crippen LogP) is 1.66. The van der Waals surface area contributed by atoms with Gasteiger partial charge < -0.3 is 0 Å². The number of nitrogens with zero attached hydrogens (tertiary/aromatic N) is 1. The zero-order valence-corrected chi connectivity index (χ0v) is 6.28. The van der Waals surface area contributed by atoms with Crippen LogP contribution in [-0.4, -0.2) is 10.8 Å². The van der Waals surface area contributed by atoms with E-state index in [4.69, 9.17) is 0 Å². The summed E-state index contributed by atoms with van der Waals surface area (Å²) >= 11 is 1.60. The minimum absolute atomic E-state index is 0.225. The Hall–Kier alpha value is -0.700. The van der Waals surface area contributed by atoms with E-state index in [9.17, 15) is 4.79 Å². The fourth-order valence-electron chi connectivity index (χ4n) is 1.20. The SMILES string of the molecule is O=C1CCCc2scnc21. The van der Waals surface area contributed by atoms with Crippen LogP contribution in [0.2, 0.25) is 0 Å². The van der Waals surface area contributed by atoms with Gasteiger partial charge >= 0.3 is 0 Å². The lowest BCUT2D eigenvalue weighted by molar-refractivity contribution is 0.0968. The summed E-state index contributed by atoms with van der Waals surface area (Å²) in [6.45, 7) is 0. The molecule has 1 aliphatic rings. The van der Waals surface area contributed by atoms with Crippen molar-refractivity contribution in [2.24, 2.45) is 0 Å². The highest BCUT2D eigenvalue weighted by Crippen LogP contribution is 2.22. The summed E-state index contributed by atoms with van der Waals surface area (Å²) in [5.41, 5.74) is 2.49. The number of fused-ring (bicyclic) bond motifs is 1. The van der Waals surface area contributed by atoms with E-state index in [2.05, 4.69) is 4.98 Å². The summed E-state index contributed by atoms with van der Waals surface area (Å²) in [4.78, 5) is 16.3. The van der Waals surface area contributed by atoms with Crippen LogP contribution in [0.3, 0.4) is 0 Å². The van der Waals surface area contributed by atoms with E-state index in [-0.39, 0.29) is 5.78 Å². The van der Waals surface area contributed by atoms with Crippen molar-refractivity contribution < 1.29 is 4.79 Å². The van der Waals surface area contributed by atoms with E-state index < -0.39 is 0 Å². The lowest BCUT2D eigenvalue weighted by Crippen LogP contribution is -2.08. The highest BCUT2D eigenvalue weighted by Gasteiger charge is 2.18. The zero-order valence-electron chi connectivity index (χ0n) is 5.46. The van der Waals surface area contributed by atoms with E-state index in [1.54, 1.807) is 16.8 Å². The molecule has 10 heavy (non-hydrogen) atoms. The van der Waals surface area contributed by atoms with Gasteiger partial charge in [-0.15, -0.1) is 11.3 Å². The summed E-state index contributed by atoms with van der Waals surface area (Å²) in [7, 11) is 0. The van der Waals surface area contributed by atoms with Crippen molar-refractivity contribution in [3.8, 4) is 0 Å². The van der Waals surface area contributed by atoms with Crippen LogP contribution in [0.15, 0.2) is 5.51 Å². The molecule has 0 aromatic carbocycles. The van der Waals surface area contributed by atoms with Gasteiger partial charge in [0.1, 0.15) is 5.69 Å². The Morgan fingerprint density at radius 3 is 3.20 bits per heavy atom. The number of carbonyl (C=O) groups excluding carboxylic acids is 1. The fourth-order valence-corrected chi connectivity index (χ4v) is 2.03. The van der Waals surface area contributed by atoms with Gasteiger partial charge in [0.15, 0.2) is 5.78 Å². The van der Waals surface area contributed by atoms with Gasteiger partial charge in [0.05, 0.1) is 5.51 Å². The number of ketones is 1. The lowest BCUT2D eigenvalue weighted by Gasteiger charge is -2.06. The van der Waals surface area contributed by atoms with Gasteiger partial charge in [-0.05, 0) is 12.8 Å². The number of hydrogen-bond donors (Lipinski definition) is 0. The van der Waals surface area contributed by atoms with Crippen LogP contribution in [0, 0.1) is 0 Å². The average molecular weight is 153 g/mol. The first-order chi connectivity index (χ1) is 4.88. The maximum atomic E-state index is 11.1. The summed E-state index contributed by atoms with van der Waals surface area (Å²) in [6, 6.07) is 0. The maximum Gasteiger partial charge on any atom is 0.182 e. The minimum atomic E-state index is 0.225. The van der Waals surface area contributed by atoms with Crippen LogP contribution in [0.1, 0.15) is 28.2 Å². The van der Waals surface area contributed by atoms with Gasteiger partial charge in [-0.1, -0.05) is 0 Å². The Morgan fingerprint density at radius 2 is 2.40 bits per heavy atom. The molecule has 0 N–H and O–H groups in total. The second kappa shape index (κ2) is 2.16. The zero-order chi connectivity index (χ0) is 6.97. The average Bonchev–Trinajstić information content (AvgIpc) is 2.36. The van der Waals surface area contributed by atoms with Gasteiger partial charge in [-0.25, -0.2) is 4.98 Å².